The van der Waals surface area contributed by atoms with Crippen molar-refractivity contribution in [1.82, 2.24) is 24.7 Å². The van der Waals surface area contributed by atoms with Crippen molar-refractivity contribution in [2.45, 2.75) is 37.9 Å². The van der Waals surface area contributed by atoms with E-state index in [1.165, 1.54) is 10.9 Å². The maximum atomic E-state index is 13.2. The first-order valence-electron chi connectivity index (χ1n) is 11.3. The van der Waals surface area contributed by atoms with Crippen molar-refractivity contribution in [2.24, 2.45) is 7.05 Å². The molecular weight excluding hydrogens is 438 g/mol. The van der Waals surface area contributed by atoms with Crippen LogP contribution in [0.25, 0.3) is 10.9 Å². The van der Waals surface area contributed by atoms with E-state index in [-0.39, 0.29) is 24.1 Å². The number of hydrogen-bond donors (Lipinski definition) is 2. The van der Waals surface area contributed by atoms with Crippen LogP contribution in [0.5, 0.6) is 5.75 Å². The van der Waals surface area contributed by atoms with Crippen LogP contribution in [0.4, 0.5) is 4.79 Å². The van der Waals surface area contributed by atoms with Crippen molar-refractivity contribution in [1.29, 1.82) is 0 Å². The molecule has 3 aromatic rings. The van der Waals surface area contributed by atoms with Crippen LogP contribution in [0.15, 0.2) is 29.8 Å². The molecule has 2 amide bonds. The van der Waals surface area contributed by atoms with Crippen LogP contribution in [0.1, 0.15) is 36.2 Å². The summed E-state index contributed by atoms with van der Waals surface area (Å²) in [6.07, 6.45) is 1.84. The fourth-order valence-electron chi connectivity index (χ4n) is 5.60. The normalized spacial score (nSPS) is 19.7. The summed E-state index contributed by atoms with van der Waals surface area (Å²) in [4.78, 5) is 21.9. The number of aromatic nitrogens is 2. The predicted octanol–water partition coefficient (Wildman–Crippen LogP) is 2.86. The maximum absolute atomic E-state index is 13.2. The zero-order valence-electron chi connectivity index (χ0n) is 19.5. The van der Waals surface area contributed by atoms with Gasteiger partial charge in [0.2, 0.25) is 0 Å². The van der Waals surface area contributed by atoms with E-state index in [4.69, 9.17) is 4.74 Å². The smallest absolute Gasteiger partial charge is 0.318 e. The van der Waals surface area contributed by atoms with Crippen LogP contribution in [0, 0.1) is 0 Å². The minimum absolute atomic E-state index is 0.0220. The number of carbonyl (C=O) groups excluding carboxylic acids is 1. The van der Waals surface area contributed by atoms with Crippen molar-refractivity contribution in [3.05, 3.63) is 46.0 Å². The molecule has 0 saturated carbocycles. The van der Waals surface area contributed by atoms with Gasteiger partial charge in [-0.1, -0.05) is 0 Å². The number of hydrogen-bond acceptors (Lipinski definition) is 6. The van der Waals surface area contributed by atoms with Crippen molar-refractivity contribution < 1.29 is 14.6 Å². The van der Waals surface area contributed by atoms with E-state index in [0.29, 0.717) is 6.54 Å². The molecule has 4 heterocycles. The number of aryl methyl sites for hydroxylation is 1. The average Bonchev–Trinajstić information content (AvgIpc) is 3.38. The molecule has 33 heavy (non-hydrogen) atoms. The van der Waals surface area contributed by atoms with E-state index in [9.17, 15) is 9.90 Å². The highest BCUT2D eigenvalue weighted by atomic mass is 32.1. The average molecular weight is 470 g/mol. The third kappa shape index (κ3) is 3.59. The van der Waals surface area contributed by atoms with Crippen LogP contribution in [-0.2, 0) is 19.0 Å². The van der Waals surface area contributed by atoms with Gasteiger partial charge in [0.25, 0.3) is 0 Å². The second kappa shape index (κ2) is 8.30. The molecule has 9 heteroatoms. The van der Waals surface area contributed by atoms with Gasteiger partial charge in [-0.15, -0.1) is 11.3 Å². The topological polar surface area (TPSA) is 82.9 Å². The molecule has 0 radical (unpaired) electrons. The summed E-state index contributed by atoms with van der Waals surface area (Å²) in [5.74, 6) is 0.795. The second-order valence-electron chi connectivity index (χ2n) is 9.48. The Morgan fingerprint density at radius 1 is 1.36 bits per heavy atom. The van der Waals surface area contributed by atoms with Gasteiger partial charge in [0.05, 0.1) is 31.8 Å². The molecule has 1 fully saturated rings. The number of thiazole rings is 1. The van der Waals surface area contributed by atoms with E-state index in [0.717, 1.165) is 41.6 Å². The molecule has 0 unspecified atom stereocenters. The summed E-state index contributed by atoms with van der Waals surface area (Å²) >= 11 is 1.67. The Kier molecular flexibility index (Phi) is 5.58. The van der Waals surface area contributed by atoms with Crippen molar-refractivity contribution in [3.63, 3.8) is 0 Å². The van der Waals surface area contributed by atoms with Crippen molar-refractivity contribution in [3.8, 4) is 5.75 Å². The molecule has 2 N–H and O–H groups in total. The van der Waals surface area contributed by atoms with E-state index < -0.39 is 6.04 Å². The van der Waals surface area contributed by atoms with Gasteiger partial charge in [-0.3, -0.25) is 4.90 Å². The first kappa shape index (κ1) is 22.2. The van der Waals surface area contributed by atoms with Crippen LogP contribution >= 0.6 is 11.3 Å². The number of carbonyl (C=O) groups is 1. The van der Waals surface area contributed by atoms with Crippen LogP contribution in [-0.4, -0.2) is 69.9 Å². The van der Waals surface area contributed by atoms with E-state index >= 15 is 0 Å². The molecule has 0 bridgehead atoms. The SMILES string of the molecule is COc1ccc2c3c(n(C)c2c1)[C@H](CO)N(C(=O)NC(C)C)CC31CN(Cc2nccs2)C1. The van der Waals surface area contributed by atoms with Gasteiger partial charge in [0.15, 0.2) is 0 Å². The fourth-order valence-corrected chi connectivity index (χ4v) is 6.26. The molecular formula is C24H31N5O3S. The molecule has 1 spiro atoms. The number of amides is 2. The number of nitrogens with zero attached hydrogens (tertiary/aromatic N) is 4. The van der Waals surface area contributed by atoms with E-state index in [2.05, 4.69) is 25.8 Å². The maximum Gasteiger partial charge on any atom is 0.318 e. The summed E-state index contributed by atoms with van der Waals surface area (Å²) in [5, 5.41) is 17.8. The molecule has 1 atom stereocenters. The Morgan fingerprint density at radius 3 is 2.79 bits per heavy atom. The lowest BCUT2D eigenvalue weighted by molar-refractivity contribution is 0.00519. The summed E-state index contributed by atoms with van der Waals surface area (Å²) in [5.41, 5.74) is 3.13. The Labute approximate surface area is 197 Å². The lowest BCUT2D eigenvalue weighted by Crippen LogP contribution is -2.67. The largest absolute Gasteiger partial charge is 0.497 e. The summed E-state index contributed by atoms with van der Waals surface area (Å²) < 4.78 is 7.62. The zero-order valence-corrected chi connectivity index (χ0v) is 20.4. The van der Waals surface area contributed by atoms with E-state index in [1.807, 2.05) is 49.5 Å². The summed E-state index contributed by atoms with van der Waals surface area (Å²) in [6.45, 7) is 6.86. The first-order chi connectivity index (χ1) is 15.9. The Balaban J connectivity index is 1.60. The van der Waals surface area contributed by atoms with Gasteiger partial charge in [0, 0.05) is 66.9 Å². The minimum atomic E-state index is -0.402. The number of nitrogens with one attached hydrogen (secondary N) is 1. The Morgan fingerprint density at radius 2 is 2.15 bits per heavy atom. The van der Waals surface area contributed by atoms with Crippen molar-refractivity contribution in [2.75, 3.05) is 33.4 Å². The fraction of sp³-hybridized carbons (Fsp3) is 0.500. The number of urea groups is 1. The molecule has 2 aliphatic heterocycles. The highest BCUT2D eigenvalue weighted by molar-refractivity contribution is 7.09. The number of likely N-dealkylation sites (tertiary alicyclic amines) is 1. The summed E-state index contributed by atoms with van der Waals surface area (Å²) in [6, 6.07) is 5.65. The highest BCUT2D eigenvalue weighted by Gasteiger charge is 2.54. The molecule has 1 saturated heterocycles. The predicted molar refractivity (Wildman–Crippen MR) is 129 cm³/mol. The molecule has 0 aliphatic carbocycles. The lowest BCUT2D eigenvalue weighted by Gasteiger charge is -2.56. The number of benzene rings is 1. The minimum Gasteiger partial charge on any atom is -0.497 e. The summed E-state index contributed by atoms with van der Waals surface area (Å²) in [7, 11) is 3.69. The Hall–Kier alpha value is -2.62. The first-order valence-corrected chi connectivity index (χ1v) is 12.2. The van der Waals surface area contributed by atoms with Crippen molar-refractivity contribution >= 4 is 28.3 Å². The highest BCUT2D eigenvalue weighted by Crippen LogP contribution is 2.49. The van der Waals surface area contributed by atoms with Gasteiger partial charge >= 0.3 is 6.03 Å². The van der Waals surface area contributed by atoms with Gasteiger partial charge in [-0.25, -0.2) is 9.78 Å². The number of fused-ring (bicyclic) bond motifs is 4. The van der Waals surface area contributed by atoms with Crippen LogP contribution < -0.4 is 10.1 Å². The zero-order chi connectivity index (χ0) is 23.3. The monoisotopic (exact) mass is 469 g/mol. The number of methoxy groups -OCH3 is 1. The molecule has 5 rings (SSSR count). The van der Waals surface area contributed by atoms with Gasteiger partial charge < -0.3 is 24.6 Å². The molecule has 2 aromatic heterocycles. The molecule has 8 nitrogen and oxygen atoms in total. The van der Waals surface area contributed by atoms with Gasteiger partial charge in [0.1, 0.15) is 10.8 Å². The van der Waals surface area contributed by atoms with Crippen LogP contribution in [0.3, 0.4) is 0 Å². The molecule has 176 valence electrons. The van der Waals surface area contributed by atoms with E-state index in [1.54, 1.807) is 18.4 Å². The van der Waals surface area contributed by atoms with Gasteiger partial charge in [-0.05, 0) is 31.5 Å². The number of ether oxygens (including phenoxy) is 1. The van der Waals surface area contributed by atoms with Gasteiger partial charge in [-0.2, -0.15) is 0 Å². The van der Waals surface area contributed by atoms with Crippen LogP contribution in [0.2, 0.25) is 0 Å². The number of aliphatic hydroxyl groups is 1. The Bertz CT molecular complexity index is 1170. The number of rotatable bonds is 5. The molecule has 1 aromatic carbocycles. The third-order valence-electron chi connectivity index (χ3n) is 6.89. The number of aliphatic hydroxyl groups excluding tert-OH is 1. The third-order valence-corrected chi connectivity index (χ3v) is 7.65. The quantitative estimate of drug-likeness (QED) is 0.601. The molecule has 2 aliphatic rings. The standard InChI is InChI=1S/C24H31N5O3S/c1-15(2)26-23(31)29-14-24(12-28(13-24)10-20-25-7-8-33-20)21-17-6-5-16(32-4)9-18(17)27(3)22(21)19(29)11-30/h5-9,15,19,30H,10-14H2,1-4H3,(H,26,31)/t19-/m0/s1. The lowest BCUT2D eigenvalue weighted by atomic mass is 9.68. The second-order valence-corrected chi connectivity index (χ2v) is 10.5.